The smallest absolute Gasteiger partial charge is 0.232 e. The fraction of sp³-hybridized carbons (Fsp3) is 0.471. The molecule has 0 aliphatic heterocycles. The molecule has 0 aliphatic carbocycles. The molecule has 0 saturated carbocycles. The summed E-state index contributed by atoms with van der Waals surface area (Å²) in [5, 5.41) is 12.0. The number of nitrogens with one attached hydrogen (secondary N) is 1. The van der Waals surface area contributed by atoms with Gasteiger partial charge in [-0.15, -0.1) is 10.2 Å². The van der Waals surface area contributed by atoms with Crippen molar-refractivity contribution in [3.8, 4) is 0 Å². The molecule has 0 saturated heterocycles. The number of sulfonamides is 1. The molecule has 1 N–H and O–H groups in total. The minimum atomic E-state index is -3.50. The Balaban J connectivity index is 1.96. The molecule has 1 aromatic carbocycles. The van der Waals surface area contributed by atoms with Crippen molar-refractivity contribution in [3.63, 3.8) is 0 Å². The van der Waals surface area contributed by atoms with Crippen LogP contribution in [-0.2, 0) is 14.8 Å². The normalized spacial score (nSPS) is 11.6. The van der Waals surface area contributed by atoms with Gasteiger partial charge in [0.2, 0.25) is 21.1 Å². The van der Waals surface area contributed by atoms with Gasteiger partial charge < -0.3 is 5.32 Å². The standard InChI is InChI=1S/C17H23ClN4O3S3/c1-11(2)26-17-21-20-16(27-17)19-15(23)9-6-10-22(28(4,24)25)14-8-5-7-13(18)12(14)3/h5,7-8,11H,6,9-10H2,1-4H3,(H,19,20,23). The third-order valence-electron chi connectivity index (χ3n) is 3.66. The van der Waals surface area contributed by atoms with E-state index in [1.807, 2.05) is 0 Å². The maximum Gasteiger partial charge on any atom is 0.232 e. The molecule has 11 heteroatoms. The molecule has 2 aromatic rings. The van der Waals surface area contributed by atoms with E-state index in [1.54, 1.807) is 36.9 Å². The van der Waals surface area contributed by atoms with Crippen LogP contribution in [0.5, 0.6) is 0 Å². The van der Waals surface area contributed by atoms with E-state index in [0.717, 1.165) is 10.6 Å². The van der Waals surface area contributed by atoms with Crippen LogP contribution >= 0.6 is 34.7 Å². The van der Waals surface area contributed by atoms with Gasteiger partial charge in [-0.2, -0.15) is 0 Å². The summed E-state index contributed by atoms with van der Waals surface area (Å²) in [4.78, 5) is 12.2. The molecular formula is C17H23ClN4O3S3. The van der Waals surface area contributed by atoms with Crippen LogP contribution in [0.1, 0.15) is 32.3 Å². The first-order valence-corrected chi connectivity index (χ1v) is 12.5. The van der Waals surface area contributed by atoms with Gasteiger partial charge in [0.15, 0.2) is 4.34 Å². The second-order valence-electron chi connectivity index (χ2n) is 6.41. The van der Waals surface area contributed by atoms with Gasteiger partial charge in [0, 0.05) is 23.2 Å². The monoisotopic (exact) mass is 462 g/mol. The zero-order chi connectivity index (χ0) is 20.9. The maximum atomic E-state index is 12.2. The number of rotatable bonds is 9. The van der Waals surface area contributed by atoms with E-state index in [9.17, 15) is 13.2 Å². The topological polar surface area (TPSA) is 92.3 Å². The van der Waals surface area contributed by atoms with Gasteiger partial charge in [0.1, 0.15) is 0 Å². The van der Waals surface area contributed by atoms with Crippen molar-refractivity contribution in [1.29, 1.82) is 0 Å². The molecule has 154 valence electrons. The van der Waals surface area contributed by atoms with Gasteiger partial charge >= 0.3 is 0 Å². The summed E-state index contributed by atoms with van der Waals surface area (Å²) in [5.74, 6) is -0.228. The lowest BCUT2D eigenvalue weighted by Gasteiger charge is -2.24. The molecule has 0 spiro atoms. The molecule has 0 aliphatic rings. The van der Waals surface area contributed by atoms with Gasteiger partial charge in [0.25, 0.3) is 0 Å². The number of aromatic nitrogens is 2. The Morgan fingerprint density at radius 2 is 2.07 bits per heavy atom. The molecule has 0 radical (unpaired) electrons. The number of amides is 1. The first kappa shape index (κ1) is 22.9. The zero-order valence-electron chi connectivity index (χ0n) is 16.1. The van der Waals surface area contributed by atoms with E-state index in [4.69, 9.17) is 11.6 Å². The van der Waals surface area contributed by atoms with Crippen LogP contribution in [0.2, 0.25) is 5.02 Å². The quantitative estimate of drug-likeness (QED) is 0.443. The first-order valence-electron chi connectivity index (χ1n) is 8.60. The summed E-state index contributed by atoms with van der Waals surface area (Å²) in [7, 11) is -3.50. The van der Waals surface area contributed by atoms with Gasteiger partial charge in [-0.05, 0) is 31.0 Å². The van der Waals surface area contributed by atoms with Crippen LogP contribution in [0.25, 0.3) is 0 Å². The Morgan fingerprint density at radius 3 is 2.71 bits per heavy atom. The van der Waals surface area contributed by atoms with Gasteiger partial charge in [-0.1, -0.05) is 54.6 Å². The Morgan fingerprint density at radius 1 is 1.36 bits per heavy atom. The van der Waals surface area contributed by atoms with Crippen molar-refractivity contribution in [2.75, 3.05) is 22.4 Å². The van der Waals surface area contributed by atoms with Crippen molar-refractivity contribution >= 4 is 61.4 Å². The van der Waals surface area contributed by atoms with Crippen LogP contribution in [0.15, 0.2) is 22.5 Å². The van der Waals surface area contributed by atoms with Gasteiger partial charge in [-0.3, -0.25) is 9.10 Å². The number of hydrogen-bond acceptors (Lipinski definition) is 7. The Bertz CT molecular complexity index is 931. The molecule has 1 amide bonds. The van der Waals surface area contributed by atoms with Crippen molar-refractivity contribution in [3.05, 3.63) is 28.8 Å². The fourth-order valence-corrected chi connectivity index (χ4v) is 5.58. The fourth-order valence-electron chi connectivity index (χ4n) is 2.41. The summed E-state index contributed by atoms with van der Waals surface area (Å²) < 4.78 is 26.5. The van der Waals surface area contributed by atoms with Crippen molar-refractivity contribution in [2.45, 2.75) is 43.2 Å². The summed E-state index contributed by atoms with van der Waals surface area (Å²) in [6.07, 6.45) is 1.66. The summed E-state index contributed by atoms with van der Waals surface area (Å²) in [5.41, 5.74) is 1.21. The van der Waals surface area contributed by atoms with E-state index in [2.05, 4.69) is 29.4 Å². The highest BCUT2D eigenvalue weighted by molar-refractivity contribution is 8.01. The summed E-state index contributed by atoms with van der Waals surface area (Å²) >= 11 is 9.02. The Hall–Kier alpha value is -1.36. The van der Waals surface area contributed by atoms with Gasteiger partial charge in [-0.25, -0.2) is 8.42 Å². The van der Waals surface area contributed by atoms with E-state index < -0.39 is 10.0 Å². The minimum absolute atomic E-state index is 0.165. The lowest BCUT2D eigenvalue weighted by Crippen LogP contribution is -2.32. The van der Waals surface area contributed by atoms with E-state index in [-0.39, 0.29) is 18.9 Å². The number of carbonyl (C=O) groups is 1. The molecular weight excluding hydrogens is 440 g/mol. The Kier molecular flexibility index (Phi) is 8.11. The first-order chi connectivity index (χ1) is 13.1. The number of carbonyl (C=O) groups excluding carboxylic acids is 1. The lowest BCUT2D eigenvalue weighted by atomic mass is 10.2. The second kappa shape index (κ2) is 9.91. The molecule has 0 atom stereocenters. The number of nitrogens with zero attached hydrogens (tertiary/aromatic N) is 3. The molecule has 0 fully saturated rings. The van der Waals surface area contributed by atoms with Crippen LogP contribution in [-0.4, -0.2) is 42.6 Å². The molecule has 1 aromatic heterocycles. The largest absolute Gasteiger partial charge is 0.301 e. The van der Waals surface area contributed by atoms with Crippen LogP contribution in [0.4, 0.5) is 10.8 Å². The highest BCUT2D eigenvalue weighted by Gasteiger charge is 2.20. The average Bonchev–Trinajstić information content (AvgIpc) is 2.99. The Labute approximate surface area is 178 Å². The SMILES string of the molecule is Cc1c(Cl)cccc1N(CCCC(=O)Nc1nnc(SC(C)C)s1)S(C)(=O)=O. The molecule has 1 heterocycles. The van der Waals surface area contributed by atoms with E-state index in [0.29, 0.717) is 33.1 Å². The zero-order valence-corrected chi connectivity index (χ0v) is 19.3. The lowest BCUT2D eigenvalue weighted by molar-refractivity contribution is -0.116. The number of hydrogen-bond donors (Lipinski definition) is 1. The third kappa shape index (κ3) is 6.61. The molecule has 28 heavy (non-hydrogen) atoms. The number of benzene rings is 1. The van der Waals surface area contributed by atoms with E-state index in [1.165, 1.54) is 15.6 Å². The number of anilines is 2. The summed E-state index contributed by atoms with van der Waals surface area (Å²) in [6.45, 7) is 6.06. The number of halogens is 1. The van der Waals surface area contributed by atoms with E-state index >= 15 is 0 Å². The third-order valence-corrected chi connectivity index (χ3v) is 7.18. The van der Waals surface area contributed by atoms with Crippen LogP contribution < -0.4 is 9.62 Å². The molecule has 7 nitrogen and oxygen atoms in total. The van der Waals surface area contributed by atoms with Crippen LogP contribution in [0, 0.1) is 6.92 Å². The molecule has 2 rings (SSSR count). The predicted octanol–water partition coefficient (Wildman–Crippen LogP) is 4.19. The number of thioether (sulfide) groups is 1. The highest BCUT2D eigenvalue weighted by atomic mass is 35.5. The van der Waals surface area contributed by atoms with Crippen molar-refractivity contribution in [1.82, 2.24) is 10.2 Å². The molecule has 0 bridgehead atoms. The highest BCUT2D eigenvalue weighted by Crippen LogP contribution is 2.29. The molecule has 0 unspecified atom stereocenters. The van der Waals surface area contributed by atoms with Gasteiger partial charge in [0.05, 0.1) is 11.9 Å². The predicted molar refractivity (Wildman–Crippen MR) is 117 cm³/mol. The average molecular weight is 463 g/mol. The maximum absolute atomic E-state index is 12.2. The minimum Gasteiger partial charge on any atom is -0.301 e. The van der Waals surface area contributed by atoms with Crippen molar-refractivity contribution < 1.29 is 13.2 Å². The van der Waals surface area contributed by atoms with Crippen LogP contribution in [0.3, 0.4) is 0 Å². The second-order valence-corrected chi connectivity index (χ2v) is 11.5. The summed E-state index contributed by atoms with van der Waals surface area (Å²) in [6, 6.07) is 5.12. The van der Waals surface area contributed by atoms with Crippen molar-refractivity contribution in [2.24, 2.45) is 0 Å².